The highest BCUT2D eigenvalue weighted by molar-refractivity contribution is 5.97. The van der Waals surface area contributed by atoms with Crippen molar-refractivity contribution >= 4 is 28.2 Å². The third-order valence-corrected chi connectivity index (χ3v) is 7.34. The molecule has 2 aliphatic rings. The van der Waals surface area contributed by atoms with Crippen LogP contribution in [-0.4, -0.2) is 17.0 Å². The Bertz CT molecular complexity index is 1400. The first-order chi connectivity index (χ1) is 16.0. The smallest absolute Gasteiger partial charge is 0.226 e. The predicted molar refractivity (Wildman–Crippen MR) is 136 cm³/mol. The lowest BCUT2D eigenvalue weighted by atomic mass is 9.80. The largest absolute Gasteiger partial charge is 0.366 e. The van der Waals surface area contributed by atoms with Crippen LogP contribution in [0.4, 0.5) is 11.4 Å². The van der Waals surface area contributed by atoms with Crippen LogP contribution in [0.2, 0.25) is 0 Å². The molecular formula is C29H29N3O. The number of nitrogens with zero attached hydrogens (tertiary/aromatic N) is 2. The molecule has 1 atom stereocenters. The molecule has 0 radical (unpaired) electrons. The third-order valence-electron chi connectivity index (χ3n) is 7.34. The molecule has 0 saturated carbocycles. The van der Waals surface area contributed by atoms with E-state index in [2.05, 4.69) is 82.5 Å². The zero-order chi connectivity index (χ0) is 22.7. The van der Waals surface area contributed by atoms with E-state index in [1.165, 1.54) is 44.5 Å². The number of carbonyl (C=O) groups is 1. The molecule has 4 aromatic rings. The summed E-state index contributed by atoms with van der Waals surface area (Å²) in [6.07, 6.45) is 1.07. The summed E-state index contributed by atoms with van der Waals surface area (Å²) in [5.41, 5.74) is 10.3. The zero-order valence-corrected chi connectivity index (χ0v) is 19.4. The Labute approximate surface area is 194 Å². The van der Waals surface area contributed by atoms with E-state index in [4.69, 9.17) is 0 Å². The van der Waals surface area contributed by atoms with E-state index in [1.807, 2.05) is 19.9 Å². The van der Waals surface area contributed by atoms with Crippen LogP contribution in [0.15, 0.2) is 66.7 Å². The highest BCUT2D eigenvalue weighted by Gasteiger charge is 2.34. The second-order valence-electron chi connectivity index (χ2n) is 9.68. The van der Waals surface area contributed by atoms with Crippen molar-refractivity contribution in [3.63, 3.8) is 0 Å². The lowest BCUT2D eigenvalue weighted by Crippen LogP contribution is -2.34. The lowest BCUT2D eigenvalue weighted by Gasteiger charge is -2.40. The Morgan fingerprint density at radius 3 is 2.70 bits per heavy atom. The van der Waals surface area contributed by atoms with E-state index in [-0.39, 0.29) is 11.8 Å². The molecule has 33 heavy (non-hydrogen) atoms. The number of fused-ring (bicyclic) bond motifs is 4. The van der Waals surface area contributed by atoms with Gasteiger partial charge in [-0.15, -0.1) is 0 Å². The van der Waals surface area contributed by atoms with Gasteiger partial charge in [-0.05, 0) is 35.7 Å². The van der Waals surface area contributed by atoms with Crippen molar-refractivity contribution in [3.8, 4) is 11.3 Å². The molecule has 6 rings (SSSR count). The standard InChI is InChI=1S/C29H29N3O/c1-18(2)29(33)30-20-9-6-8-19(16-20)21-14-15-32-17-25-22-10-4-5-13-26(22)31(3)27(25)24-12-7-11-23(21)28(24)32/h4-13,16,18,21H,14-15,17H2,1-3H3,(H,30,33). The lowest BCUT2D eigenvalue weighted by molar-refractivity contribution is -0.118. The number of aromatic nitrogens is 1. The maximum atomic E-state index is 12.2. The fraction of sp³-hybridized carbons (Fsp3) is 0.276. The van der Waals surface area contributed by atoms with Crippen molar-refractivity contribution < 1.29 is 4.79 Å². The molecule has 1 unspecified atom stereocenters. The first-order valence-electron chi connectivity index (χ1n) is 11.9. The summed E-state index contributed by atoms with van der Waals surface area (Å²) in [5, 5.41) is 4.43. The van der Waals surface area contributed by atoms with Crippen molar-refractivity contribution in [3.05, 3.63) is 83.4 Å². The number of anilines is 2. The highest BCUT2D eigenvalue weighted by atomic mass is 16.1. The number of carbonyl (C=O) groups excluding carboxylic acids is 1. The average molecular weight is 436 g/mol. The van der Waals surface area contributed by atoms with Crippen LogP contribution in [0, 0.1) is 5.92 Å². The number of amides is 1. The van der Waals surface area contributed by atoms with Gasteiger partial charge in [-0.25, -0.2) is 0 Å². The molecule has 0 bridgehead atoms. The second-order valence-corrected chi connectivity index (χ2v) is 9.68. The van der Waals surface area contributed by atoms with Gasteiger partial charge in [0.1, 0.15) is 0 Å². The molecule has 0 saturated heterocycles. The van der Waals surface area contributed by atoms with Gasteiger partial charge in [0.05, 0.1) is 11.4 Å². The second kappa shape index (κ2) is 7.51. The highest BCUT2D eigenvalue weighted by Crippen LogP contribution is 2.50. The Morgan fingerprint density at radius 2 is 1.85 bits per heavy atom. The van der Waals surface area contributed by atoms with E-state index in [0.29, 0.717) is 5.92 Å². The van der Waals surface area contributed by atoms with Crippen LogP contribution in [-0.2, 0) is 18.4 Å². The van der Waals surface area contributed by atoms with Gasteiger partial charge in [0.15, 0.2) is 0 Å². The molecule has 2 aliphatic heterocycles. The first-order valence-corrected chi connectivity index (χ1v) is 11.9. The minimum atomic E-state index is -0.0342. The van der Waals surface area contributed by atoms with Crippen LogP contribution >= 0.6 is 0 Å². The molecule has 0 aliphatic carbocycles. The maximum Gasteiger partial charge on any atom is 0.226 e. The average Bonchev–Trinajstić information content (AvgIpc) is 3.12. The van der Waals surface area contributed by atoms with Crippen LogP contribution in [0.5, 0.6) is 0 Å². The molecule has 0 spiro atoms. The summed E-state index contributed by atoms with van der Waals surface area (Å²) in [5.74, 6) is 0.346. The van der Waals surface area contributed by atoms with Crippen LogP contribution < -0.4 is 10.2 Å². The minimum Gasteiger partial charge on any atom is -0.366 e. The molecule has 166 valence electrons. The van der Waals surface area contributed by atoms with Gasteiger partial charge >= 0.3 is 0 Å². The van der Waals surface area contributed by atoms with Gasteiger partial charge in [0.2, 0.25) is 5.91 Å². The van der Waals surface area contributed by atoms with E-state index in [9.17, 15) is 4.79 Å². The van der Waals surface area contributed by atoms with Gasteiger partial charge < -0.3 is 14.8 Å². The summed E-state index contributed by atoms with van der Waals surface area (Å²) in [6.45, 7) is 5.83. The summed E-state index contributed by atoms with van der Waals surface area (Å²) in [6, 6.07) is 24.0. The van der Waals surface area contributed by atoms with Crippen molar-refractivity contribution in [2.24, 2.45) is 13.0 Å². The molecule has 0 fully saturated rings. The van der Waals surface area contributed by atoms with Gasteiger partial charge in [-0.2, -0.15) is 0 Å². The Morgan fingerprint density at radius 1 is 1.03 bits per heavy atom. The van der Waals surface area contributed by atoms with E-state index >= 15 is 0 Å². The molecule has 4 heteroatoms. The molecule has 1 N–H and O–H groups in total. The van der Waals surface area contributed by atoms with Crippen molar-refractivity contribution in [2.75, 3.05) is 16.8 Å². The quantitative estimate of drug-likeness (QED) is 0.410. The molecule has 1 amide bonds. The maximum absolute atomic E-state index is 12.2. The number of para-hydroxylation sites is 2. The Balaban J connectivity index is 1.46. The van der Waals surface area contributed by atoms with Gasteiger partial charge in [0.25, 0.3) is 0 Å². The topological polar surface area (TPSA) is 37.3 Å². The van der Waals surface area contributed by atoms with Gasteiger partial charge in [-0.1, -0.05) is 62.4 Å². The van der Waals surface area contributed by atoms with Crippen molar-refractivity contribution in [1.82, 2.24) is 4.57 Å². The zero-order valence-electron chi connectivity index (χ0n) is 19.4. The van der Waals surface area contributed by atoms with E-state index < -0.39 is 0 Å². The summed E-state index contributed by atoms with van der Waals surface area (Å²) in [4.78, 5) is 14.8. The predicted octanol–water partition coefficient (Wildman–Crippen LogP) is 6.30. The third kappa shape index (κ3) is 3.08. The Hall–Kier alpha value is -3.53. The SMILES string of the molecule is CC(C)C(=O)Nc1cccc(C2CCN3Cc4c(n(C)c5ccccc45)-c4cccc2c43)c1. The summed E-state index contributed by atoms with van der Waals surface area (Å²) in [7, 11) is 2.19. The number of aryl methyl sites for hydroxylation is 1. The van der Waals surface area contributed by atoms with Crippen molar-refractivity contribution in [1.29, 1.82) is 0 Å². The fourth-order valence-electron chi connectivity index (χ4n) is 5.73. The number of benzene rings is 3. The molecule has 1 aromatic heterocycles. The molecule has 4 nitrogen and oxygen atoms in total. The van der Waals surface area contributed by atoms with Gasteiger partial charge in [0, 0.05) is 59.7 Å². The monoisotopic (exact) mass is 435 g/mol. The normalized spacial score (nSPS) is 16.6. The molecule has 3 aromatic carbocycles. The molecule has 3 heterocycles. The summed E-state index contributed by atoms with van der Waals surface area (Å²) < 4.78 is 2.36. The van der Waals surface area contributed by atoms with E-state index in [1.54, 1.807) is 0 Å². The van der Waals surface area contributed by atoms with Crippen LogP contribution in [0.1, 0.15) is 42.9 Å². The number of hydrogen-bond donors (Lipinski definition) is 1. The Kier molecular flexibility index (Phi) is 4.58. The number of nitrogens with one attached hydrogen (secondary N) is 1. The number of hydrogen-bond acceptors (Lipinski definition) is 2. The van der Waals surface area contributed by atoms with Gasteiger partial charge in [-0.3, -0.25) is 4.79 Å². The van der Waals surface area contributed by atoms with Crippen LogP contribution in [0.25, 0.3) is 22.2 Å². The number of rotatable bonds is 3. The van der Waals surface area contributed by atoms with Crippen LogP contribution in [0.3, 0.4) is 0 Å². The fourth-order valence-corrected chi connectivity index (χ4v) is 5.73. The summed E-state index contributed by atoms with van der Waals surface area (Å²) >= 11 is 0. The van der Waals surface area contributed by atoms with E-state index in [0.717, 1.165) is 25.2 Å². The first kappa shape index (κ1) is 20.1. The molecular weight excluding hydrogens is 406 g/mol. The minimum absolute atomic E-state index is 0.0342. The van der Waals surface area contributed by atoms with Crippen molar-refractivity contribution in [2.45, 2.75) is 32.7 Å².